The Hall–Kier alpha value is -2.46. The highest BCUT2D eigenvalue weighted by Gasteiger charge is 2.35. The molecule has 0 atom stereocenters. The number of alkyl halides is 5. The fraction of sp³-hybridized carbons (Fsp3) is 0.500. The van der Waals surface area contributed by atoms with Gasteiger partial charge < -0.3 is 10.6 Å². The lowest BCUT2D eigenvalue weighted by Crippen LogP contribution is -2.18. The minimum atomic E-state index is -4.75. The molecule has 0 unspecified atom stereocenters. The standard InChI is InChI=1S/C14H15F5N6/c1-25-6-9(11(24-25)7-2-3-7)22-13-21-4-8(14(17,18)19)12(23-13)20-5-10(15)16/h4,6-7,10H,2-3,5H2,1H3,(H2,20,21,22,23). The van der Waals surface area contributed by atoms with Crippen LogP contribution in [0.25, 0.3) is 0 Å². The highest BCUT2D eigenvalue weighted by atomic mass is 19.4. The average Bonchev–Trinajstić information content (AvgIpc) is 3.28. The van der Waals surface area contributed by atoms with Gasteiger partial charge in [-0.1, -0.05) is 0 Å². The van der Waals surface area contributed by atoms with Crippen molar-refractivity contribution in [3.8, 4) is 0 Å². The third-order valence-corrected chi connectivity index (χ3v) is 3.59. The van der Waals surface area contributed by atoms with Gasteiger partial charge in [0.05, 0.1) is 17.9 Å². The summed E-state index contributed by atoms with van der Waals surface area (Å²) in [5.74, 6) is -0.517. The number of halogens is 5. The number of anilines is 3. The van der Waals surface area contributed by atoms with Crippen molar-refractivity contribution in [2.45, 2.75) is 31.4 Å². The number of aryl methyl sites for hydroxylation is 1. The lowest BCUT2D eigenvalue weighted by atomic mass is 10.2. The molecular weight excluding hydrogens is 347 g/mol. The lowest BCUT2D eigenvalue weighted by molar-refractivity contribution is -0.137. The molecule has 2 aromatic heterocycles. The van der Waals surface area contributed by atoms with E-state index in [2.05, 4.69) is 20.4 Å². The molecule has 0 spiro atoms. The fourth-order valence-electron chi connectivity index (χ4n) is 2.34. The van der Waals surface area contributed by atoms with Crippen LogP contribution < -0.4 is 10.6 Å². The topological polar surface area (TPSA) is 67.7 Å². The molecule has 0 radical (unpaired) electrons. The van der Waals surface area contributed by atoms with Crippen LogP contribution in [0.4, 0.5) is 39.4 Å². The highest BCUT2D eigenvalue weighted by Crippen LogP contribution is 2.43. The van der Waals surface area contributed by atoms with Crippen molar-refractivity contribution in [3.05, 3.63) is 23.7 Å². The second kappa shape index (κ2) is 6.45. The first kappa shape index (κ1) is 17.4. The minimum absolute atomic E-state index is 0.125. The zero-order valence-electron chi connectivity index (χ0n) is 13.1. The van der Waals surface area contributed by atoms with Crippen LogP contribution in [0.2, 0.25) is 0 Å². The molecule has 0 aromatic carbocycles. The first-order valence-electron chi connectivity index (χ1n) is 7.51. The van der Waals surface area contributed by atoms with Gasteiger partial charge in [-0.3, -0.25) is 4.68 Å². The van der Waals surface area contributed by atoms with Crippen molar-refractivity contribution >= 4 is 17.5 Å². The molecule has 0 saturated heterocycles. The molecule has 25 heavy (non-hydrogen) atoms. The first-order valence-corrected chi connectivity index (χ1v) is 7.51. The molecule has 0 bridgehead atoms. The van der Waals surface area contributed by atoms with Crippen molar-refractivity contribution in [2.24, 2.45) is 7.05 Å². The van der Waals surface area contributed by atoms with E-state index in [0.717, 1.165) is 18.5 Å². The van der Waals surface area contributed by atoms with E-state index >= 15 is 0 Å². The molecule has 1 aliphatic rings. The van der Waals surface area contributed by atoms with Crippen molar-refractivity contribution in [3.63, 3.8) is 0 Å². The van der Waals surface area contributed by atoms with Crippen LogP contribution in [-0.4, -0.2) is 32.7 Å². The Morgan fingerprint density at radius 2 is 2.04 bits per heavy atom. The molecule has 2 N–H and O–H groups in total. The predicted molar refractivity (Wildman–Crippen MR) is 80.0 cm³/mol. The van der Waals surface area contributed by atoms with Crippen LogP contribution in [0.3, 0.4) is 0 Å². The van der Waals surface area contributed by atoms with Gasteiger partial charge in [0.15, 0.2) is 0 Å². The maximum atomic E-state index is 13.0. The van der Waals surface area contributed by atoms with Crippen molar-refractivity contribution < 1.29 is 22.0 Å². The maximum absolute atomic E-state index is 13.0. The molecule has 0 amide bonds. The van der Waals surface area contributed by atoms with Gasteiger partial charge in [0, 0.05) is 25.4 Å². The highest BCUT2D eigenvalue weighted by molar-refractivity contribution is 5.59. The first-order chi connectivity index (χ1) is 11.7. The van der Waals surface area contributed by atoms with E-state index in [0.29, 0.717) is 17.8 Å². The van der Waals surface area contributed by atoms with E-state index in [-0.39, 0.29) is 5.95 Å². The number of hydrogen-bond donors (Lipinski definition) is 2. The molecular formula is C14H15F5N6. The third kappa shape index (κ3) is 4.15. The maximum Gasteiger partial charge on any atom is 0.421 e. The Bertz CT molecular complexity index is 753. The smallest absolute Gasteiger partial charge is 0.364 e. The molecule has 1 fully saturated rings. The summed E-state index contributed by atoms with van der Waals surface area (Å²) >= 11 is 0. The van der Waals surface area contributed by atoms with E-state index in [4.69, 9.17) is 0 Å². The molecule has 11 heteroatoms. The van der Waals surface area contributed by atoms with Crippen molar-refractivity contribution in [1.29, 1.82) is 0 Å². The van der Waals surface area contributed by atoms with Gasteiger partial charge in [0.2, 0.25) is 5.95 Å². The monoisotopic (exact) mass is 362 g/mol. The number of hydrogen-bond acceptors (Lipinski definition) is 5. The number of rotatable bonds is 6. The van der Waals surface area contributed by atoms with Gasteiger partial charge >= 0.3 is 6.18 Å². The predicted octanol–water partition coefficient (Wildman–Crippen LogP) is 3.53. The van der Waals surface area contributed by atoms with Gasteiger partial charge in [-0.2, -0.15) is 23.3 Å². The summed E-state index contributed by atoms with van der Waals surface area (Å²) in [5, 5.41) is 9.15. The SMILES string of the molecule is Cn1cc(Nc2ncc(C(F)(F)F)c(NCC(F)F)n2)c(C2CC2)n1. The average molecular weight is 362 g/mol. The van der Waals surface area contributed by atoms with E-state index in [1.165, 1.54) is 0 Å². The Morgan fingerprint density at radius 3 is 2.64 bits per heavy atom. The normalized spacial score (nSPS) is 14.8. The van der Waals surface area contributed by atoms with Crippen LogP contribution >= 0.6 is 0 Å². The molecule has 1 aliphatic carbocycles. The molecule has 0 aliphatic heterocycles. The van der Waals surface area contributed by atoms with Crippen LogP contribution in [0.5, 0.6) is 0 Å². The summed E-state index contributed by atoms with van der Waals surface area (Å²) < 4.78 is 65.2. The lowest BCUT2D eigenvalue weighted by Gasteiger charge is -2.14. The second-order valence-electron chi connectivity index (χ2n) is 5.73. The van der Waals surface area contributed by atoms with Crippen LogP contribution in [0.1, 0.15) is 30.0 Å². The van der Waals surface area contributed by atoms with E-state index < -0.39 is 30.5 Å². The van der Waals surface area contributed by atoms with Crippen LogP contribution in [0.15, 0.2) is 12.4 Å². The number of aromatic nitrogens is 4. The second-order valence-corrected chi connectivity index (χ2v) is 5.73. The summed E-state index contributed by atoms with van der Waals surface area (Å²) in [6.07, 6.45) is -3.36. The Kier molecular flexibility index (Phi) is 4.48. The van der Waals surface area contributed by atoms with Crippen molar-refractivity contribution in [1.82, 2.24) is 19.7 Å². The summed E-state index contributed by atoms with van der Waals surface area (Å²) in [4.78, 5) is 7.36. The third-order valence-electron chi connectivity index (χ3n) is 3.59. The zero-order chi connectivity index (χ0) is 18.2. The number of nitrogens with one attached hydrogen (secondary N) is 2. The summed E-state index contributed by atoms with van der Waals surface area (Å²) in [6.45, 7) is -0.945. The van der Waals surface area contributed by atoms with Crippen molar-refractivity contribution in [2.75, 3.05) is 17.2 Å². The van der Waals surface area contributed by atoms with Gasteiger partial charge in [0.1, 0.15) is 11.4 Å². The molecule has 1 saturated carbocycles. The van der Waals surface area contributed by atoms with E-state index in [9.17, 15) is 22.0 Å². The molecule has 6 nitrogen and oxygen atoms in total. The molecule has 2 heterocycles. The zero-order valence-corrected chi connectivity index (χ0v) is 13.1. The number of nitrogens with zero attached hydrogens (tertiary/aromatic N) is 4. The summed E-state index contributed by atoms with van der Waals surface area (Å²) in [7, 11) is 1.72. The Balaban J connectivity index is 1.88. The largest absolute Gasteiger partial charge is 0.421 e. The van der Waals surface area contributed by atoms with E-state index in [1.807, 2.05) is 5.32 Å². The molecule has 136 valence electrons. The van der Waals surface area contributed by atoms with Gasteiger partial charge in [-0.15, -0.1) is 0 Å². The van der Waals surface area contributed by atoms with Gasteiger partial charge in [-0.05, 0) is 12.8 Å². The summed E-state index contributed by atoms with van der Waals surface area (Å²) in [6, 6.07) is 0. The fourth-order valence-corrected chi connectivity index (χ4v) is 2.34. The molecule has 3 rings (SSSR count). The quantitative estimate of drug-likeness (QED) is 0.770. The van der Waals surface area contributed by atoms with E-state index in [1.54, 1.807) is 17.9 Å². The van der Waals surface area contributed by atoms with Crippen LogP contribution in [-0.2, 0) is 13.2 Å². The van der Waals surface area contributed by atoms with Gasteiger partial charge in [-0.25, -0.2) is 13.8 Å². The minimum Gasteiger partial charge on any atom is -0.364 e. The Labute approximate surface area is 139 Å². The van der Waals surface area contributed by atoms with Gasteiger partial charge in [0.25, 0.3) is 6.43 Å². The Morgan fingerprint density at radius 1 is 1.32 bits per heavy atom. The van der Waals surface area contributed by atoms with Crippen LogP contribution in [0, 0.1) is 0 Å². The molecule has 2 aromatic rings. The summed E-state index contributed by atoms with van der Waals surface area (Å²) in [5.41, 5.74) is 0.171.